The van der Waals surface area contributed by atoms with Crippen molar-refractivity contribution in [3.63, 3.8) is 0 Å². The minimum Gasteiger partial charge on any atom is -0.127 e. The van der Waals surface area contributed by atoms with Crippen molar-refractivity contribution in [1.82, 2.24) is 0 Å². The van der Waals surface area contributed by atoms with Gasteiger partial charge in [-0.25, -0.2) is 0 Å². The molecule has 0 nitrogen and oxygen atoms in total. The lowest BCUT2D eigenvalue weighted by atomic mass is 10.0. The monoisotopic (exact) mass is 146 g/mol. The van der Waals surface area contributed by atoms with Crippen molar-refractivity contribution in [3.8, 4) is 0 Å². The van der Waals surface area contributed by atoms with Crippen molar-refractivity contribution >= 4 is 11.6 Å². The van der Waals surface area contributed by atoms with Gasteiger partial charge in [-0.3, -0.25) is 0 Å². The van der Waals surface area contributed by atoms with Crippen molar-refractivity contribution in [2.45, 2.75) is 32.6 Å². The summed E-state index contributed by atoms with van der Waals surface area (Å²) in [4.78, 5) is 0. The van der Waals surface area contributed by atoms with Crippen LogP contribution in [0.3, 0.4) is 0 Å². The van der Waals surface area contributed by atoms with E-state index in [1.54, 1.807) is 0 Å². The zero-order valence-electron chi connectivity index (χ0n) is 6.07. The molecule has 0 heterocycles. The van der Waals surface area contributed by atoms with Gasteiger partial charge in [-0.15, -0.1) is 11.6 Å². The topological polar surface area (TPSA) is 0 Å². The molecule has 0 aromatic carbocycles. The van der Waals surface area contributed by atoms with E-state index < -0.39 is 0 Å². The molecule has 0 aliphatic heterocycles. The van der Waals surface area contributed by atoms with Gasteiger partial charge in [0.2, 0.25) is 0 Å². The first-order valence-corrected chi connectivity index (χ1v) is 4.42. The SMILES string of the molecule is CC1CCC(CCCl)C1. The van der Waals surface area contributed by atoms with E-state index in [0.29, 0.717) is 0 Å². The van der Waals surface area contributed by atoms with E-state index in [2.05, 4.69) is 6.92 Å². The van der Waals surface area contributed by atoms with Crippen molar-refractivity contribution in [2.24, 2.45) is 11.8 Å². The van der Waals surface area contributed by atoms with E-state index in [0.717, 1.165) is 17.7 Å². The lowest BCUT2D eigenvalue weighted by Gasteiger charge is -2.04. The molecule has 1 aliphatic carbocycles. The normalized spacial score (nSPS) is 35.3. The Kier molecular flexibility index (Phi) is 2.84. The molecule has 54 valence electrons. The van der Waals surface area contributed by atoms with E-state index in [1.165, 1.54) is 25.7 Å². The fourth-order valence-corrected chi connectivity index (χ4v) is 2.05. The molecular weight excluding hydrogens is 132 g/mol. The zero-order chi connectivity index (χ0) is 6.69. The number of rotatable bonds is 2. The average molecular weight is 147 g/mol. The number of hydrogen-bond acceptors (Lipinski definition) is 0. The minimum absolute atomic E-state index is 0.859. The Balaban J connectivity index is 2.14. The van der Waals surface area contributed by atoms with Crippen LogP contribution in [-0.4, -0.2) is 5.88 Å². The van der Waals surface area contributed by atoms with Gasteiger partial charge in [0.25, 0.3) is 0 Å². The first-order chi connectivity index (χ1) is 4.33. The third kappa shape index (κ3) is 2.17. The summed E-state index contributed by atoms with van der Waals surface area (Å²) < 4.78 is 0. The number of alkyl halides is 1. The molecule has 1 heteroatoms. The maximum Gasteiger partial charge on any atom is 0.0226 e. The standard InChI is InChI=1S/C8H15Cl/c1-7-2-3-8(6-7)4-5-9/h7-8H,2-6H2,1H3. The van der Waals surface area contributed by atoms with Crippen molar-refractivity contribution in [2.75, 3.05) is 5.88 Å². The molecular formula is C8H15Cl. The highest BCUT2D eigenvalue weighted by molar-refractivity contribution is 6.17. The van der Waals surface area contributed by atoms with Crippen LogP contribution in [0.2, 0.25) is 0 Å². The molecule has 0 saturated heterocycles. The second kappa shape index (κ2) is 3.46. The summed E-state index contributed by atoms with van der Waals surface area (Å²) in [6.45, 7) is 2.34. The minimum atomic E-state index is 0.859. The van der Waals surface area contributed by atoms with E-state index in [-0.39, 0.29) is 0 Å². The van der Waals surface area contributed by atoms with Crippen LogP contribution >= 0.6 is 11.6 Å². The predicted molar refractivity (Wildman–Crippen MR) is 41.8 cm³/mol. The number of halogens is 1. The van der Waals surface area contributed by atoms with E-state index in [4.69, 9.17) is 11.6 Å². The van der Waals surface area contributed by atoms with Crippen molar-refractivity contribution < 1.29 is 0 Å². The maximum atomic E-state index is 5.63. The molecule has 0 spiro atoms. The van der Waals surface area contributed by atoms with Crippen LogP contribution in [0.4, 0.5) is 0 Å². The Bertz CT molecular complexity index is 78.6. The molecule has 0 bridgehead atoms. The van der Waals surface area contributed by atoms with E-state index >= 15 is 0 Å². The van der Waals surface area contributed by atoms with Crippen LogP contribution in [0.1, 0.15) is 32.6 Å². The van der Waals surface area contributed by atoms with Crippen LogP contribution in [0.15, 0.2) is 0 Å². The molecule has 0 radical (unpaired) electrons. The van der Waals surface area contributed by atoms with Gasteiger partial charge in [0, 0.05) is 5.88 Å². The first kappa shape index (κ1) is 7.40. The maximum absolute atomic E-state index is 5.63. The van der Waals surface area contributed by atoms with Crippen molar-refractivity contribution in [3.05, 3.63) is 0 Å². The lowest BCUT2D eigenvalue weighted by Crippen LogP contribution is -1.94. The Morgan fingerprint density at radius 2 is 2.22 bits per heavy atom. The highest BCUT2D eigenvalue weighted by Crippen LogP contribution is 2.32. The molecule has 2 unspecified atom stereocenters. The molecule has 0 N–H and O–H groups in total. The highest BCUT2D eigenvalue weighted by atomic mass is 35.5. The van der Waals surface area contributed by atoms with Gasteiger partial charge < -0.3 is 0 Å². The van der Waals surface area contributed by atoms with Gasteiger partial charge in [-0.2, -0.15) is 0 Å². The van der Waals surface area contributed by atoms with Gasteiger partial charge in [-0.1, -0.05) is 19.8 Å². The fraction of sp³-hybridized carbons (Fsp3) is 1.00. The molecule has 1 rings (SSSR count). The Hall–Kier alpha value is 0.290. The molecule has 2 atom stereocenters. The van der Waals surface area contributed by atoms with Crippen LogP contribution in [-0.2, 0) is 0 Å². The van der Waals surface area contributed by atoms with Crippen molar-refractivity contribution in [1.29, 1.82) is 0 Å². The van der Waals surface area contributed by atoms with Crippen LogP contribution in [0.5, 0.6) is 0 Å². The molecule has 1 saturated carbocycles. The van der Waals surface area contributed by atoms with E-state index in [1.807, 2.05) is 0 Å². The van der Waals surface area contributed by atoms with Gasteiger partial charge in [0.05, 0.1) is 0 Å². The number of hydrogen-bond donors (Lipinski definition) is 0. The molecule has 0 amide bonds. The Morgan fingerprint density at radius 1 is 1.44 bits per heavy atom. The summed E-state index contributed by atoms with van der Waals surface area (Å²) in [5.74, 6) is 2.79. The quantitative estimate of drug-likeness (QED) is 0.526. The summed E-state index contributed by atoms with van der Waals surface area (Å²) in [6, 6.07) is 0. The summed E-state index contributed by atoms with van der Waals surface area (Å²) in [5.41, 5.74) is 0. The first-order valence-electron chi connectivity index (χ1n) is 3.89. The largest absolute Gasteiger partial charge is 0.127 e. The Labute approximate surface area is 62.6 Å². The van der Waals surface area contributed by atoms with Crippen LogP contribution in [0, 0.1) is 11.8 Å². The Morgan fingerprint density at radius 3 is 2.67 bits per heavy atom. The second-order valence-electron chi connectivity index (χ2n) is 3.26. The van der Waals surface area contributed by atoms with Gasteiger partial charge >= 0.3 is 0 Å². The van der Waals surface area contributed by atoms with Gasteiger partial charge in [0.15, 0.2) is 0 Å². The molecule has 1 aliphatic rings. The highest BCUT2D eigenvalue weighted by Gasteiger charge is 2.19. The third-order valence-electron chi connectivity index (χ3n) is 2.32. The third-order valence-corrected chi connectivity index (χ3v) is 2.54. The molecule has 0 aromatic rings. The van der Waals surface area contributed by atoms with Crippen LogP contribution in [0.25, 0.3) is 0 Å². The summed E-state index contributed by atoms with van der Waals surface area (Å²) >= 11 is 5.63. The lowest BCUT2D eigenvalue weighted by molar-refractivity contribution is 0.503. The van der Waals surface area contributed by atoms with Gasteiger partial charge in [0.1, 0.15) is 0 Å². The molecule has 0 aromatic heterocycles. The predicted octanol–water partition coefficient (Wildman–Crippen LogP) is 3.05. The smallest absolute Gasteiger partial charge is 0.0226 e. The van der Waals surface area contributed by atoms with Crippen LogP contribution < -0.4 is 0 Å². The molecule has 9 heavy (non-hydrogen) atoms. The average Bonchev–Trinajstić information content (AvgIpc) is 2.17. The summed E-state index contributed by atoms with van der Waals surface area (Å²) in [6.07, 6.45) is 5.52. The summed E-state index contributed by atoms with van der Waals surface area (Å²) in [7, 11) is 0. The zero-order valence-corrected chi connectivity index (χ0v) is 6.82. The summed E-state index contributed by atoms with van der Waals surface area (Å²) in [5, 5.41) is 0. The van der Waals surface area contributed by atoms with Gasteiger partial charge in [-0.05, 0) is 24.7 Å². The van der Waals surface area contributed by atoms with E-state index in [9.17, 15) is 0 Å². The molecule has 1 fully saturated rings. The second-order valence-corrected chi connectivity index (χ2v) is 3.64. The fourth-order valence-electron chi connectivity index (χ4n) is 1.74.